The largest absolute Gasteiger partial charge is 0.496 e. The first-order chi connectivity index (χ1) is 6.70. The zero-order valence-corrected chi connectivity index (χ0v) is 8.95. The Bertz CT molecular complexity index is 286. The van der Waals surface area contributed by atoms with Gasteiger partial charge in [0.1, 0.15) is 5.75 Å². The van der Waals surface area contributed by atoms with Crippen molar-refractivity contribution in [2.45, 2.75) is 19.9 Å². The molecule has 0 aliphatic rings. The SMILES string of the molecule is COc1ccccc1C(NN)C(C)C. The van der Waals surface area contributed by atoms with Crippen LogP contribution in [0.1, 0.15) is 25.5 Å². The first-order valence-electron chi connectivity index (χ1n) is 4.79. The number of hydrazine groups is 1. The van der Waals surface area contributed by atoms with E-state index in [1.165, 1.54) is 0 Å². The Morgan fingerprint density at radius 1 is 1.29 bits per heavy atom. The maximum atomic E-state index is 5.52. The summed E-state index contributed by atoms with van der Waals surface area (Å²) in [5, 5.41) is 0. The van der Waals surface area contributed by atoms with Crippen molar-refractivity contribution in [3.8, 4) is 5.75 Å². The fraction of sp³-hybridized carbons (Fsp3) is 0.455. The van der Waals surface area contributed by atoms with Gasteiger partial charge in [-0.25, -0.2) is 0 Å². The van der Waals surface area contributed by atoms with Crippen molar-refractivity contribution >= 4 is 0 Å². The van der Waals surface area contributed by atoms with Crippen molar-refractivity contribution in [2.75, 3.05) is 7.11 Å². The highest BCUT2D eigenvalue weighted by atomic mass is 16.5. The smallest absolute Gasteiger partial charge is 0.123 e. The van der Waals surface area contributed by atoms with E-state index in [1.54, 1.807) is 7.11 Å². The number of para-hydroxylation sites is 1. The van der Waals surface area contributed by atoms with E-state index < -0.39 is 0 Å². The molecular weight excluding hydrogens is 176 g/mol. The van der Waals surface area contributed by atoms with Crippen LogP contribution in [0.3, 0.4) is 0 Å². The van der Waals surface area contributed by atoms with Crippen molar-refractivity contribution in [3.05, 3.63) is 29.8 Å². The van der Waals surface area contributed by atoms with E-state index in [0.717, 1.165) is 11.3 Å². The predicted molar refractivity (Wildman–Crippen MR) is 57.9 cm³/mol. The zero-order valence-electron chi connectivity index (χ0n) is 8.95. The minimum atomic E-state index is 0.131. The van der Waals surface area contributed by atoms with Gasteiger partial charge in [0.05, 0.1) is 13.2 Å². The molecule has 0 aliphatic heterocycles. The van der Waals surface area contributed by atoms with Crippen LogP contribution in [0.5, 0.6) is 5.75 Å². The third-order valence-corrected chi connectivity index (χ3v) is 2.32. The molecule has 1 unspecified atom stereocenters. The molecule has 1 aromatic carbocycles. The van der Waals surface area contributed by atoms with Crippen LogP contribution >= 0.6 is 0 Å². The molecule has 1 atom stereocenters. The van der Waals surface area contributed by atoms with Gasteiger partial charge in [0.15, 0.2) is 0 Å². The molecule has 3 N–H and O–H groups in total. The van der Waals surface area contributed by atoms with Crippen molar-refractivity contribution < 1.29 is 4.74 Å². The minimum Gasteiger partial charge on any atom is -0.496 e. The second-order valence-electron chi connectivity index (χ2n) is 3.63. The number of benzene rings is 1. The van der Waals surface area contributed by atoms with Crippen molar-refractivity contribution in [1.29, 1.82) is 0 Å². The molecule has 78 valence electrons. The molecular formula is C11H18N2O. The summed E-state index contributed by atoms with van der Waals surface area (Å²) >= 11 is 0. The minimum absolute atomic E-state index is 0.131. The Hall–Kier alpha value is -1.06. The molecule has 14 heavy (non-hydrogen) atoms. The quantitative estimate of drug-likeness (QED) is 0.568. The molecule has 0 amide bonds. The Balaban J connectivity index is 3.02. The predicted octanol–water partition coefficient (Wildman–Crippen LogP) is 1.86. The molecule has 0 spiro atoms. The number of rotatable bonds is 4. The summed E-state index contributed by atoms with van der Waals surface area (Å²) in [5.74, 6) is 6.83. The van der Waals surface area contributed by atoms with Gasteiger partial charge >= 0.3 is 0 Å². The fourth-order valence-corrected chi connectivity index (χ4v) is 1.56. The van der Waals surface area contributed by atoms with E-state index in [0.29, 0.717) is 5.92 Å². The van der Waals surface area contributed by atoms with E-state index in [9.17, 15) is 0 Å². The lowest BCUT2D eigenvalue weighted by molar-refractivity contribution is 0.373. The highest BCUT2D eigenvalue weighted by Gasteiger charge is 2.17. The number of hydrogen-bond acceptors (Lipinski definition) is 3. The number of nitrogens with two attached hydrogens (primary N) is 1. The van der Waals surface area contributed by atoms with Crippen LogP contribution in [-0.4, -0.2) is 7.11 Å². The average molecular weight is 194 g/mol. The van der Waals surface area contributed by atoms with Crippen LogP contribution in [0.25, 0.3) is 0 Å². The highest BCUT2D eigenvalue weighted by Crippen LogP contribution is 2.28. The molecule has 3 nitrogen and oxygen atoms in total. The van der Waals surface area contributed by atoms with E-state index in [4.69, 9.17) is 10.6 Å². The summed E-state index contributed by atoms with van der Waals surface area (Å²) in [4.78, 5) is 0. The summed E-state index contributed by atoms with van der Waals surface area (Å²) in [7, 11) is 1.67. The summed E-state index contributed by atoms with van der Waals surface area (Å²) in [6.45, 7) is 4.24. The molecule has 0 saturated carbocycles. The van der Waals surface area contributed by atoms with Gasteiger partial charge < -0.3 is 4.74 Å². The highest BCUT2D eigenvalue weighted by molar-refractivity contribution is 5.36. The summed E-state index contributed by atoms with van der Waals surface area (Å²) < 4.78 is 5.28. The van der Waals surface area contributed by atoms with Crippen LogP contribution in [-0.2, 0) is 0 Å². The lowest BCUT2D eigenvalue weighted by Crippen LogP contribution is -2.31. The van der Waals surface area contributed by atoms with Crippen LogP contribution in [0.4, 0.5) is 0 Å². The van der Waals surface area contributed by atoms with Gasteiger partial charge in [-0.1, -0.05) is 32.0 Å². The van der Waals surface area contributed by atoms with Crippen LogP contribution in [0.2, 0.25) is 0 Å². The normalized spacial score (nSPS) is 12.9. The van der Waals surface area contributed by atoms with E-state index in [1.807, 2.05) is 24.3 Å². The number of ether oxygens (including phenoxy) is 1. The molecule has 1 rings (SSSR count). The second kappa shape index (κ2) is 4.98. The summed E-state index contributed by atoms with van der Waals surface area (Å²) in [6, 6.07) is 8.05. The van der Waals surface area contributed by atoms with E-state index >= 15 is 0 Å². The fourth-order valence-electron chi connectivity index (χ4n) is 1.56. The monoisotopic (exact) mass is 194 g/mol. The summed E-state index contributed by atoms with van der Waals surface area (Å²) in [6.07, 6.45) is 0. The molecule has 0 saturated heterocycles. The van der Waals surface area contributed by atoms with Crippen LogP contribution in [0.15, 0.2) is 24.3 Å². The lowest BCUT2D eigenvalue weighted by atomic mass is 9.96. The molecule has 1 aromatic rings. The van der Waals surface area contributed by atoms with Gasteiger partial charge in [0.25, 0.3) is 0 Å². The maximum absolute atomic E-state index is 5.52. The summed E-state index contributed by atoms with van der Waals surface area (Å²) in [5.41, 5.74) is 3.92. The lowest BCUT2D eigenvalue weighted by Gasteiger charge is -2.22. The number of methoxy groups -OCH3 is 1. The molecule has 0 aliphatic carbocycles. The topological polar surface area (TPSA) is 47.3 Å². The molecule has 0 heterocycles. The van der Waals surface area contributed by atoms with Gasteiger partial charge in [-0.05, 0) is 12.0 Å². The van der Waals surface area contributed by atoms with Crippen molar-refractivity contribution in [3.63, 3.8) is 0 Å². The molecule has 3 heteroatoms. The Morgan fingerprint density at radius 2 is 1.93 bits per heavy atom. The van der Waals surface area contributed by atoms with Crippen molar-refractivity contribution in [2.24, 2.45) is 11.8 Å². The Morgan fingerprint density at radius 3 is 2.43 bits per heavy atom. The standard InChI is InChI=1S/C11H18N2O/c1-8(2)11(13-12)9-6-4-5-7-10(9)14-3/h4-8,11,13H,12H2,1-3H3. The van der Waals surface area contributed by atoms with Crippen molar-refractivity contribution in [1.82, 2.24) is 5.43 Å². The Labute approximate surface area is 85.2 Å². The van der Waals surface area contributed by atoms with Crippen LogP contribution < -0.4 is 16.0 Å². The molecule has 0 bridgehead atoms. The zero-order chi connectivity index (χ0) is 10.6. The average Bonchev–Trinajstić information content (AvgIpc) is 2.19. The van der Waals surface area contributed by atoms with Gasteiger partial charge in [0, 0.05) is 5.56 Å². The van der Waals surface area contributed by atoms with Gasteiger partial charge in [-0.2, -0.15) is 0 Å². The molecule has 0 fully saturated rings. The van der Waals surface area contributed by atoms with Gasteiger partial charge in [-0.15, -0.1) is 0 Å². The van der Waals surface area contributed by atoms with Gasteiger partial charge in [-0.3, -0.25) is 11.3 Å². The third-order valence-electron chi connectivity index (χ3n) is 2.32. The molecule has 0 radical (unpaired) electrons. The van der Waals surface area contributed by atoms with Crippen LogP contribution in [0, 0.1) is 5.92 Å². The van der Waals surface area contributed by atoms with Gasteiger partial charge in [0.2, 0.25) is 0 Å². The molecule has 0 aromatic heterocycles. The Kier molecular flexibility index (Phi) is 3.92. The third kappa shape index (κ3) is 2.25. The maximum Gasteiger partial charge on any atom is 0.123 e. The first kappa shape index (κ1) is 11.0. The van der Waals surface area contributed by atoms with E-state index in [2.05, 4.69) is 19.3 Å². The first-order valence-corrected chi connectivity index (χ1v) is 4.79. The number of nitrogens with one attached hydrogen (secondary N) is 1. The number of hydrogen-bond donors (Lipinski definition) is 2. The second-order valence-corrected chi connectivity index (χ2v) is 3.63. The van der Waals surface area contributed by atoms with E-state index in [-0.39, 0.29) is 6.04 Å².